The van der Waals surface area contributed by atoms with Crippen LogP contribution in [0.25, 0.3) is 0 Å². The van der Waals surface area contributed by atoms with Gasteiger partial charge in [-0.25, -0.2) is 8.42 Å². The van der Waals surface area contributed by atoms with Crippen LogP contribution in [0.5, 0.6) is 0 Å². The van der Waals surface area contributed by atoms with E-state index in [0.29, 0.717) is 23.4 Å². The molecule has 2 atom stereocenters. The van der Waals surface area contributed by atoms with Crippen LogP contribution in [0.1, 0.15) is 24.8 Å². The van der Waals surface area contributed by atoms with Crippen molar-refractivity contribution >= 4 is 21.6 Å². The first kappa shape index (κ1) is 16.3. The molecule has 0 radical (unpaired) electrons. The second-order valence-corrected chi connectivity index (χ2v) is 8.52. The van der Waals surface area contributed by atoms with Gasteiger partial charge in [0.25, 0.3) is 0 Å². The van der Waals surface area contributed by atoms with Gasteiger partial charge in [0.1, 0.15) is 0 Å². The summed E-state index contributed by atoms with van der Waals surface area (Å²) < 4.78 is 24.4. The first-order valence-electron chi connectivity index (χ1n) is 7.04. The van der Waals surface area contributed by atoms with Gasteiger partial charge in [-0.05, 0) is 49.8 Å². The van der Waals surface area contributed by atoms with Crippen molar-refractivity contribution in [3.05, 3.63) is 29.8 Å². The molecule has 1 aromatic carbocycles. The molecule has 0 heterocycles. The van der Waals surface area contributed by atoms with Crippen molar-refractivity contribution in [3.8, 4) is 6.07 Å². The minimum Gasteiger partial charge on any atom is -0.313 e. The molecule has 0 amide bonds. The minimum absolute atomic E-state index is 0.0966. The molecule has 21 heavy (non-hydrogen) atoms. The average molecular weight is 324 g/mol. The number of nitrogens with one attached hydrogen (secondary N) is 1. The Morgan fingerprint density at radius 3 is 2.62 bits per heavy atom. The molecule has 1 aliphatic carbocycles. The van der Waals surface area contributed by atoms with Crippen molar-refractivity contribution < 1.29 is 8.42 Å². The maximum absolute atomic E-state index is 12.2. The zero-order valence-electron chi connectivity index (χ0n) is 12.1. The number of rotatable bonds is 6. The molecule has 1 aromatic rings. The van der Waals surface area contributed by atoms with E-state index in [0.717, 1.165) is 12.8 Å². The molecule has 4 nitrogen and oxygen atoms in total. The van der Waals surface area contributed by atoms with Gasteiger partial charge < -0.3 is 5.32 Å². The maximum Gasteiger partial charge on any atom is 0.179 e. The fraction of sp³-hybridized carbons (Fsp3) is 0.533. The van der Waals surface area contributed by atoms with Crippen molar-refractivity contribution in [2.45, 2.75) is 35.4 Å². The highest BCUT2D eigenvalue weighted by atomic mass is 32.2. The summed E-state index contributed by atoms with van der Waals surface area (Å²) in [5, 5.41) is 12.8. The van der Waals surface area contributed by atoms with Crippen LogP contribution in [-0.2, 0) is 9.84 Å². The third-order valence-corrected chi connectivity index (χ3v) is 6.69. The van der Waals surface area contributed by atoms with Crippen LogP contribution in [0, 0.1) is 11.3 Å². The molecule has 0 aromatic heterocycles. The normalized spacial score (nSPS) is 22.1. The predicted molar refractivity (Wildman–Crippen MR) is 86.2 cm³/mol. The Bertz CT molecular complexity index is 606. The zero-order valence-corrected chi connectivity index (χ0v) is 13.7. The van der Waals surface area contributed by atoms with E-state index in [1.165, 1.54) is 18.6 Å². The van der Waals surface area contributed by atoms with Crippen LogP contribution < -0.4 is 5.32 Å². The number of nitrogens with zero attached hydrogens (tertiary/aromatic N) is 1. The van der Waals surface area contributed by atoms with E-state index in [9.17, 15) is 8.42 Å². The molecule has 1 fully saturated rings. The van der Waals surface area contributed by atoms with E-state index in [-0.39, 0.29) is 10.6 Å². The van der Waals surface area contributed by atoms with Crippen LogP contribution in [0.3, 0.4) is 0 Å². The second kappa shape index (κ2) is 7.30. The van der Waals surface area contributed by atoms with E-state index in [1.807, 2.05) is 17.8 Å². The first-order valence-corrected chi connectivity index (χ1v) is 9.98. The zero-order chi connectivity index (χ0) is 15.3. The largest absolute Gasteiger partial charge is 0.313 e. The Kier molecular flexibility index (Phi) is 5.68. The van der Waals surface area contributed by atoms with Gasteiger partial charge in [0.15, 0.2) is 9.84 Å². The molecule has 0 aliphatic heterocycles. The monoisotopic (exact) mass is 324 g/mol. The summed E-state index contributed by atoms with van der Waals surface area (Å²) >= 11 is 1.89. The molecule has 6 heteroatoms. The molecule has 1 N–H and O–H groups in total. The van der Waals surface area contributed by atoms with Crippen LogP contribution >= 0.6 is 11.8 Å². The van der Waals surface area contributed by atoms with Gasteiger partial charge in [-0.3, -0.25) is 0 Å². The topological polar surface area (TPSA) is 70.0 Å². The summed E-state index contributed by atoms with van der Waals surface area (Å²) in [4.78, 5) is 0.289. The van der Waals surface area contributed by atoms with Gasteiger partial charge in [0.2, 0.25) is 0 Å². The van der Waals surface area contributed by atoms with Crippen molar-refractivity contribution in [2.75, 3.05) is 18.6 Å². The lowest BCUT2D eigenvalue weighted by Crippen LogP contribution is -2.31. The van der Waals surface area contributed by atoms with Crippen LogP contribution in [-0.4, -0.2) is 38.3 Å². The Hall–Kier alpha value is -1.03. The van der Waals surface area contributed by atoms with E-state index in [1.54, 1.807) is 12.1 Å². The molecule has 1 saturated carbocycles. The summed E-state index contributed by atoms with van der Waals surface area (Å²) in [5.41, 5.74) is 0.473. The van der Waals surface area contributed by atoms with Crippen molar-refractivity contribution in [1.82, 2.24) is 5.32 Å². The third kappa shape index (κ3) is 4.47. The number of thioether (sulfide) groups is 1. The molecular formula is C15H20N2O2S2. The second-order valence-electron chi connectivity index (χ2n) is 5.28. The lowest BCUT2D eigenvalue weighted by atomic mass is 10.2. The Balaban J connectivity index is 1.85. The first-order chi connectivity index (χ1) is 10.0. The number of hydrogen-bond acceptors (Lipinski definition) is 5. The molecular weight excluding hydrogens is 304 g/mol. The van der Waals surface area contributed by atoms with E-state index in [2.05, 4.69) is 11.6 Å². The molecule has 0 bridgehead atoms. The lowest BCUT2D eigenvalue weighted by molar-refractivity contribution is 0.537. The number of sulfone groups is 1. The van der Waals surface area contributed by atoms with Gasteiger partial charge in [0.05, 0.1) is 22.3 Å². The molecule has 2 unspecified atom stereocenters. The highest BCUT2D eigenvalue weighted by Gasteiger charge is 2.24. The Labute approximate surface area is 130 Å². The summed E-state index contributed by atoms with van der Waals surface area (Å²) in [7, 11) is -3.27. The summed E-state index contributed by atoms with van der Waals surface area (Å²) in [6, 6.07) is 8.53. The van der Waals surface area contributed by atoms with Gasteiger partial charge in [-0.1, -0.05) is 0 Å². The number of nitriles is 1. The third-order valence-electron chi connectivity index (χ3n) is 3.86. The quantitative estimate of drug-likeness (QED) is 0.869. The number of hydrogen-bond donors (Lipinski definition) is 1. The Morgan fingerprint density at radius 1 is 1.33 bits per heavy atom. The molecule has 1 aliphatic rings. The minimum atomic E-state index is -3.27. The number of benzene rings is 1. The lowest BCUT2D eigenvalue weighted by Gasteiger charge is -2.12. The Morgan fingerprint density at radius 2 is 2.05 bits per heavy atom. The van der Waals surface area contributed by atoms with Crippen LogP contribution in [0.4, 0.5) is 0 Å². The van der Waals surface area contributed by atoms with Crippen molar-refractivity contribution in [2.24, 2.45) is 0 Å². The smallest absolute Gasteiger partial charge is 0.179 e. The maximum atomic E-state index is 12.2. The highest BCUT2D eigenvalue weighted by Crippen LogP contribution is 2.28. The standard InChI is InChI=1S/C15H20N2O2S2/c1-20-14-5-4-13(10-14)17-8-9-21(18,19)15-6-2-12(11-16)3-7-15/h2-3,6-7,13-14,17H,4-5,8-10H2,1H3. The van der Waals surface area contributed by atoms with E-state index in [4.69, 9.17) is 5.26 Å². The van der Waals surface area contributed by atoms with E-state index >= 15 is 0 Å². The SMILES string of the molecule is CSC1CCC(NCCS(=O)(=O)c2ccc(C#N)cc2)C1. The summed E-state index contributed by atoms with van der Waals surface area (Å²) in [6.07, 6.45) is 5.59. The summed E-state index contributed by atoms with van der Waals surface area (Å²) in [6.45, 7) is 0.480. The van der Waals surface area contributed by atoms with Gasteiger partial charge in [0, 0.05) is 17.8 Å². The fourth-order valence-electron chi connectivity index (χ4n) is 2.59. The molecule has 2 rings (SSSR count). The van der Waals surface area contributed by atoms with Crippen molar-refractivity contribution in [3.63, 3.8) is 0 Å². The van der Waals surface area contributed by atoms with Crippen LogP contribution in [0.15, 0.2) is 29.2 Å². The molecule has 0 saturated heterocycles. The summed E-state index contributed by atoms with van der Waals surface area (Å²) in [5.74, 6) is 0.0966. The predicted octanol–water partition coefficient (Wildman–Crippen LogP) is 2.21. The fourth-order valence-corrected chi connectivity index (χ4v) is 4.56. The van der Waals surface area contributed by atoms with Gasteiger partial charge in [-0.2, -0.15) is 17.0 Å². The molecule has 0 spiro atoms. The van der Waals surface area contributed by atoms with Gasteiger partial charge >= 0.3 is 0 Å². The highest BCUT2D eigenvalue weighted by molar-refractivity contribution is 7.99. The van der Waals surface area contributed by atoms with Crippen molar-refractivity contribution in [1.29, 1.82) is 5.26 Å². The van der Waals surface area contributed by atoms with Crippen LogP contribution in [0.2, 0.25) is 0 Å². The van der Waals surface area contributed by atoms with Gasteiger partial charge in [-0.15, -0.1) is 0 Å². The average Bonchev–Trinajstić information content (AvgIpc) is 2.95. The molecule has 114 valence electrons. The van der Waals surface area contributed by atoms with E-state index < -0.39 is 9.84 Å².